The SMILES string of the molecule is C[C@]12C=CC(=O)C=C1CC[C@H]1[C@@H]3CC[C@@](OC(=O)c4ccc(Oc5cccc(O)c5)cc4)(C(=O)O)[C@@]3(C)C[C@H](O)C12F. The Morgan fingerprint density at radius 3 is 2.45 bits per heavy atom. The number of ketones is 1. The molecule has 8 nitrogen and oxygen atoms in total. The summed E-state index contributed by atoms with van der Waals surface area (Å²) in [6, 6.07) is 12.2. The molecule has 9 heteroatoms. The monoisotopic (exact) mass is 576 g/mol. The lowest BCUT2D eigenvalue weighted by molar-refractivity contribution is -0.222. The Morgan fingerprint density at radius 1 is 1.02 bits per heavy atom. The highest BCUT2D eigenvalue weighted by molar-refractivity contribution is 6.01. The van der Waals surface area contributed by atoms with Gasteiger partial charge in [-0.3, -0.25) is 4.79 Å². The van der Waals surface area contributed by atoms with E-state index in [1.807, 2.05) is 0 Å². The number of allylic oxidation sites excluding steroid dienone is 4. The van der Waals surface area contributed by atoms with Crippen molar-refractivity contribution in [3.05, 3.63) is 77.9 Å². The van der Waals surface area contributed by atoms with E-state index in [1.54, 1.807) is 32.1 Å². The summed E-state index contributed by atoms with van der Waals surface area (Å²) < 4.78 is 28.9. The van der Waals surface area contributed by atoms with Gasteiger partial charge in [0.1, 0.15) is 17.2 Å². The van der Waals surface area contributed by atoms with E-state index in [1.165, 1.54) is 48.6 Å². The fraction of sp³-hybridized carbons (Fsp3) is 0.424. The lowest BCUT2D eigenvalue weighted by Crippen LogP contribution is -2.69. The number of carboxylic acid groups (broad SMARTS) is 1. The normalized spacial score (nSPS) is 36.7. The quantitative estimate of drug-likeness (QED) is 0.396. The molecule has 0 radical (unpaired) electrons. The number of aliphatic hydroxyl groups is 1. The number of hydrogen-bond acceptors (Lipinski definition) is 7. The zero-order valence-corrected chi connectivity index (χ0v) is 23.4. The summed E-state index contributed by atoms with van der Waals surface area (Å²) in [5.74, 6) is -2.72. The number of halogens is 1. The third-order valence-corrected chi connectivity index (χ3v) is 10.5. The minimum Gasteiger partial charge on any atom is -0.508 e. The minimum absolute atomic E-state index is 0.0129. The van der Waals surface area contributed by atoms with E-state index < -0.39 is 52.0 Å². The largest absolute Gasteiger partial charge is 0.508 e. The van der Waals surface area contributed by atoms with Gasteiger partial charge in [-0.1, -0.05) is 24.6 Å². The van der Waals surface area contributed by atoms with Crippen LogP contribution in [0.15, 0.2) is 72.3 Å². The third-order valence-electron chi connectivity index (χ3n) is 10.5. The van der Waals surface area contributed by atoms with Crippen molar-refractivity contribution in [3.8, 4) is 17.2 Å². The maximum Gasteiger partial charge on any atom is 0.348 e. The number of aliphatic carboxylic acids is 1. The van der Waals surface area contributed by atoms with Gasteiger partial charge in [0.2, 0.25) is 5.60 Å². The van der Waals surface area contributed by atoms with Gasteiger partial charge in [0, 0.05) is 22.8 Å². The average Bonchev–Trinajstić information content (AvgIpc) is 3.22. The highest BCUT2D eigenvalue weighted by Gasteiger charge is 2.76. The Kier molecular flexibility index (Phi) is 6.38. The van der Waals surface area contributed by atoms with E-state index in [0.29, 0.717) is 36.3 Å². The first-order valence-electron chi connectivity index (χ1n) is 14.2. The molecule has 0 saturated heterocycles. The lowest BCUT2D eigenvalue weighted by Gasteiger charge is -2.62. The van der Waals surface area contributed by atoms with E-state index in [-0.39, 0.29) is 29.9 Å². The number of ether oxygens (including phenoxy) is 2. The predicted octanol–water partition coefficient (Wildman–Crippen LogP) is 5.54. The number of carbonyl (C=O) groups is 3. The Labute approximate surface area is 242 Å². The van der Waals surface area contributed by atoms with Gasteiger partial charge < -0.3 is 24.8 Å². The number of aliphatic hydroxyl groups excluding tert-OH is 1. The van der Waals surface area contributed by atoms with Gasteiger partial charge >= 0.3 is 11.9 Å². The minimum atomic E-state index is -2.11. The van der Waals surface area contributed by atoms with Gasteiger partial charge in [-0.2, -0.15) is 0 Å². The summed E-state index contributed by atoms with van der Waals surface area (Å²) in [7, 11) is 0. The molecule has 3 N–H and O–H groups in total. The molecule has 42 heavy (non-hydrogen) atoms. The summed E-state index contributed by atoms with van der Waals surface area (Å²) >= 11 is 0. The topological polar surface area (TPSA) is 130 Å². The molecule has 3 fully saturated rings. The average molecular weight is 577 g/mol. The molecule has 2 aromatic rings. The second kappa shape index (κ2) is 9.52. The van der Waals surface area contributed by atoms with Gasteiger partial charge in [0.25, 0.3) is 0 Å². The number of esters is 1. The lowest BCUT2D eigenvalue weighted by atomic mass is 9.45. The molecule has 0 aromatic heterocycles. The Bertz CT molecular complexity index is 1530. The number of alkyl halides is 1. The number of rotatable bonds is 5. The molecule has 4 aliphatic rings. The van der Waals surface area contributed by atoms with Crippen molar-refractivity contribution >= 4 is 17.7 Å². The van der Waals surface area contributed by atoms with Crippen LogP contribution in [0.5, 0.6) is 17.2 Å². The molecule has 0 aliphatic heterocycles. The van der Waals surface area contributed by atoms with Gasteiger partial charge in [-0.05, 0) is 93.5 Å². The van der Waals surface area contributed by atoms with Crippen LogP contribution in [-0.4, -0.2) is 50.4 Å². The fourth-order valence-electron chi connectivity index (χ4n) is 8.32. The van der Waals surface area contributed by atoms with Crippen molar-refractivity contribution < 1.29 is 43.6 Å². The van der Waals surface area contributed by atoms with E-state index in [9.17, 15) is 29.7 Å². The summed E-state index contributed by atoms with van der Waals surface area (Å²) in [6.07, 6.45) is 3.69. The number of hydrogen-bond donors (Lipinski definition) is 3. The summed E-state index contributed by atoms with van der Waals surface area (Å²) in [6.45, 7) is 3.39. The Balaban J connectivity index is 1.28. The van der Waals surface area contributed by atoms with E-state index in [0.717, 1.165) is 0 Å². The molecule has 7 atom stereocenters. The summed E-state index contributed by atoms with van der Waals surface area (Å²) in [5, 5.41) is 31.7. The fourth-order valence-corrected chi connectivity index (χ4v) is 8.32. The second-order valence-corrected chi connectivity index (χ2v) is 12.4. The molecule has 0 spiro atoms. The van der Waals surface area contributed by atoms with E-state index in [2.05, 4.69) is 0 Å². The maximum absolute atomic E-state index is 17.3. The van der Waals surface area contributed by atoms with Crippen LogP contribution < -0.4 is 4.74 Å². The van der Waals surface area contributed by atoms with Crippen molar-refractivity contribution in [1.29, 1.82) is 0 Å². The molecular formula is C33H33FO8. The first-order chi connectivity index (χ1) is 19.8. The Hall–Kier alpha value is -3.98. The van der Waals surface area contributed by atoms with Crippen LogP contribution in [0, 0.1) is 22.7 Å². The van der Waals surface area contributed by atoms with Gasteiger partial charge in [-0.15, -0.1) is 0 Å². The zero-order chi connectivity index (χ0) is 30.1. The van der Waals surface area contributed by atoms with E-state index >= 15 is 4.39 Å². The zero-order valence-electron chi connectivity index (χ0n) is 23.4. The smallest absolute Gasteiger partial charge is 0.348 e. The van der Waals surface area contributed by atoms with Crippen LogP contribution in [0.4, 0.5) is 4.39 Å². The Morgan fingerprint density at radius 2 is 1.76 bits per heavy atom. The predicted molar refractivity (Wildman–Crippen MR) is 149 cm³/mol. The van der Waals surface area contributed by atoms with Gasteiger partial charge in [0.05, 0.1) is 11.7 Å². The number of benzene rings is 2. The number of phenols is 1. The highest BCUT2D eigenvalue weighted by Crippen LogP contribution is 2.70. The van der Waals surface area contributed by atoms with Crippen LogP contribution in [0.1, 0.15) is 56.3 Å². The highest BCUT2D eigenvalue weighted by atomic mass is 19.1. The van der Waals surface area contributed by atoms with Crippen LogP contribution in [-0.2, 0) is 14.3 Å². The summed E-state index contributed by atoms with van der Waals surface area (Å²) in [5.41, 5.74) is -5.76. The molecule has 6 rings (SSSR count). The van der Waals surface area contributed by atoms with Crippen molar-refractivity contribution in [2.75, 3.05) is 0 Å². The van der Waals surface area contributed by atoms with Crippen LogP contribution in [0.25, 0.3) is 0 Å². The standard InChI is InChI=1S/C33H33FO8/c1-30-14-12-22(36)16-20(30)8-11-26-25-13-15-32(29(39)40,31(25,2)18-27(37)33(26,30)34)42-28(38)19-6-9-23(10-7-19)41-24-5-3-4-21(35)17-24/h3-7,9-10,12,14,16-17,25-27,35,37H,8,11,13,15,18H2,1-2H3,(H,39,40)/t25-,26-,27-,30-,31-,32+,33?/m0/s1. The molecule has 0 bridgehead atoms. The number of carbonyl (C=O) groups excluding carboxylic acids is 2. The molecule has 220 valence electrons. The van der Waals surface area contributed by atoms with Gasteiger partial charge in [0.15, 0.2) is 11.5 Å². The molecule has 3 saturated carbocycles. The molecule has 2 aromatic carbocycles. The molecule has 0 heterocycles. The van der Waals surface area contributed by atoms with Crippen molar-refractivity contribution in [2.24, 2.45) is 22.7 Å². The molecule has 0 amide bonds. The number of fused-ring (bicyclic) bond motifs is 5. The number of aromatic hydroxyl groups is 1. The van der Waals surface area contributed by atoms with Crippen molar-refractivity contribution in [1.82, 2.24) is 0 Å². The van der Waals surface area contributed by atoms with Crippen molar-refractivity contribution in [2.45, 2.75) is 63.3 Å². The number of phenolic OH excluding ortho intramolecular Hbond substituents is 1. The second-order valence-electron chi connectivity index (χ2n) is 12.4. The molecular weight excluding hydrogens is 543 g/mol. The molecule has 4 aliphatic carbocycles. The first kappa shape index (κ1) is 28.2. The van der Waals surface area contributed by atoms with Crippen LogP contribution in [0.3, 0.4) is 0 Å². The van der Waals surface area contributed by atoms with Crippen LogP contribution in [0.2, 0.25) is 0 Å². The van der Waals surface area contributed by atoms with Gasteiger partial charge in [-0.25, -0.2) is 14.0 Å². The third kappa shape index (κ3) is 3.86. The van der Waals surface area contributed by atoms with Crippen LogP contribution >= 0.6 is 0 Å². The number of carboxylic acids is 1. The summed E-state index contributed by atoms with van der Waals surface area (Å²) in [4.78, 5) is 38.4. The van der Waals surface area contributed by atoms with E-state index in [4.69, 9.17) is 9.47 Å². The van der Waals surface area contributed by atoms with Crippen molar-refractivity contribution in [3.63, 3.8) is 0 Å². The maximum atomic E-state index is 17.3. The molecule has 1 unspecified atom stereocenters. The first-order valence-corrected chi connectivity index (χ1v) is 14.2.